The van der Waals surface area contributed by atoms with Crippen molar-refractivity contribution in [2.75, 3.05) is 5.32 Å². The molecule has 86 valence electrons. The van der Waals surface area contributed by atoms with Crippen LogP contribution in [0.5, 0.6) is 0 Å². The number of nitrogens with zero attached hydrogens (tertiary/aromatic N) is 2. The Bertz CT molecular complexity index is 543. The molecule has 1 aromatic heterocycles. The molecule has 0 atom stereocenters. The highest BCUT2D eigenvalue weighted by Gasteiger charge is 2.07. The normalized spacial score (nSPS) is 10.0. The third-order valence-electron chi connectivity index (χ3n) is 2.25. The van der Waals surface area contributed by atoms with Crippen molar-refractivity contribution in [3.05, 3.63) is 52.1 Å². The first-order chi connectivity index (χ1) is 8.16. The molecule has 17 heavy (non-hydrogen) atoms. The summed E-state index contributed by atoms with van der Waals surface area (Å²) in [6, 6.07) is 8.84. The quantitative estimate of drug-likeness (QED) is 0.926. The molecule has 1 amide bonds. The summed E-state index contributed by atoms with van der Waals surface area (Å²) in [4.78, 5) is 11.9. The van der Waals surface area contributed by atoms with E-state index in [4.69, 9.17) is 0 Å². The number of hydrogen-bond acceptors (Lipinski definition) is 3. The van der Waals surface area contributed by atoms with E-state index in [1.807, 2.05) is 13.0 Å². The molecule has 1 N–H and O–H groups in total. The van der Waals surface area contributed by atoms with Gasteiger partial charge in [-0.15, -0.1) is 5.10 Å². The van der Waals surface area contributed by atoms with Gasteiger partial charge in [0.2, 0.25) is 0 Å². The van der Waals surface area contributed by atoms with E-state index in [1.54, 1.807) is 30.5 Å². The van der Waals surface area contributed by atoms with Gasteiger partial charge in [-0.05, 0) is 36.8 Å². The minimum atomic E-state index is -0.203. The van der Waals surface area contributed by atoms with Gasteiger partial charge in [0.25, 0.3) is 5.91 Å². The summed E-state index contributed by atoms with van der Waals surface area (Å²) in [7, 11) is 0. The SMILES string of the molecule is Cc1ccc(C(=O)Nc2cccnn2)cc1Br. The van der Waals surface area contributed by atoms with Crippen LogP contribution in [-0.4, -0.2) is 16.1 Å². The van der Waals surface area contributed by atoms with Crippen LogP contribution in [0.3, 0.4) is 0 Å². The van der Waals surface area contributed by atoms with Crippen molar-refractivity contribution in [1.29, 1.82) is 0 Å². The Morgan fingerprint density at radius 1 is 1.35 bits per heavy atom. The highest BCUT2D eigenvalue weighted by atomic mass is 79.9. The Labute approximate surface area is 107 Å². The Morgan fingerprint density at radius 2 is 2.18 bits per heavy atom. The van der Waals surface area contributed by atoms with Crippen LogP contribution in [0.25, 0.3) is 0 Å². The minimum Gasteiger partial charge on any atom is -0.305 e. The van der Waals surface area contributed by atoms with Gasteiger partial charge < -0.3 is 5.32 Å². The highest BCUT2D eigenvalue weighted by Crippen LogP contribution is 2.18. The Kier molecular flexibility index (Phi) is 3.49. The number of benzene rings is 1. The van der Waals surface area contributed by atoms with E-state index in [1.165, 1.54) is 0 Å². The number of aryl methyl sites for hydroxylation is 1. The number of carbonyl (C=O) groups excluding carboxylic acids is 1. The van der Waals surface area contributed by atoms with E-state index >= 15 is 0 Å². The highest BCUT2D eigenvalue weighted by molar-refractivity contribution is 9.10. The summed E-state index contributed by atoms with van der Waals surface area (Å²) in [5.41, 5.74) is 1.66. The fourth-order valence-corrected chi connectivity index (χ4v) is 1.67. The molecule has 0 unspecified atom stereocenters. The monoisotopic (exact) mass is 291 g/mol. The van der Waals surface area contributed by atoms with Crippen LogP contribution in [-0.2, 0) is 0 Å². The van der Waals surface area contributed by atoms with E-state index in [2.05, 4.69) is 31.4 Å². The number of anilines is 1. The summed E-state index contributed by atoms with van der Waals surface area (Å²) >= 11 is 3.39. The topological polar surface area (TPSA) is 54.9 Å². The van der Waals surface area contributed by atoms with Gasteiger partial charge >= 0.3 is 0 Å². The number of aromatic nitrogens is 2. The molecule has 0 aliphatic heterocycles. The molecule has 0 saturated heterocycles. The molecule has 0 fully saturated rings. The maximum absolute atomic E-state index is 11.9. The van der Waals surface area contributed by atoms with Crippen LogP contribution in [0.1, 0.15) is 15.9 Å². The van der Waals surface area contributed by atoms with Crippen LogP contribution >= 0.6 is 15.9 Å². The molecule has 2 aromatic rings. The summed E-state index contributed by atoms with van der Waals surface area (Å²) < 4.78 is 0.907. The molecule has 1 heterocycles. The van der Waals surface area contributed by atoms with Crippen molar-refractivity contribution in [2.45, 2.75) is 6.92 Å². The lowest BCUT2D eigenvalue weighted by atomic mass is 10.1. The predicted octanol–water partition coefficient (Wildman–Crippen LogP) is 2.80. The molecule has 2 rings (SSSR count). The molecule has 0 aliphatic carbocycles. The summed E-state index contributed by atoms with van der Waals surface area (Å²) in [5, 5.41) is 10.2. The summed E-state index contributed by atoms with van der Waals surface area (Å²) in [6.07, 6.45) is 1.55. The zero-order valence-electron chi connectivity index (χ0n) is 9.14. The lowest BCUT2D eigenvalue weighted by Gasteiger charge is -2.05. The van der Waals surface area contributed by atoms with Crippen LogP contribution in [0.15, 0.2) is 41.0 Å². The fourth-order valence-electron chi connectivity index (χ4n) is 1.29. The number of halogens is 1. The van der Waals surface area contributed by atoms with Crippen LogP contribution in [0.2, 0.25) is 0 Å². The smallest absolute Gasteiger partial charge is 0.256 e. The summed E-state index contributed by atoms with van der Waals surface area (Å²) in [6.45, 7) is 1.97. The average Bonchev–Trinajstić information content (AvgIpc) is 2.34. The molecule has 1 aromatic carbocycles. The third kappa shape index (κ3) is 2.88. The Morgan fingerprint density at radius 3 is 2.82 bits per heavy atom. The predicted molar refractivity (Wildman–Crippen MR) is 68.9 cm³/mol. The third-order valence-corrected chi connectivity index (χ3v) is 3.10. The molecule has 0 spiro atoms. The fraction of sp³-hybridized carbons (Fsp3) is 0.0833. The van der Waals surface area contributed by atoms with Gasteiger partial charge in [-0.1, -0.05) is 22.0 Å². The maximum Gasteiger partial charge on any atom is 0.256 e. The van der Waals surface area contributed by atoms with E-state index in [9.17, 15) is 4.79 Å². The number of carbonyl (C=O) groups is 1. The molecular weight excluding hydrogens is 282 g/mol. The van der Waals surface area contributed by atoms with Gasteiger partial charge in [0, 0.05) is 16.2 Å². The largest absolute Gasteiger partial charge is 0.305 e. The molecule has 0 saturated carbocycles. The van der Waals surface area contributed by atoms with Gasteiger partial charge in [0.15, 0.2) is 5.82 Å². The van der Waals surface area contributed by atoms with E-state index in [0.29, 0.717) is 11.4 Å². The van der Waals surface area contributed by atoms with Crippen molar-refractivity contribution >= 4 is 27.7 Å². The Hall–Kier alpha value is -1.75. The van der Waals surface area contributed by atoms with E-state index in [0.717, 1.165) is 10.0 Å². The van der Waals surface area contributed by atoms with Gasteiger partial charge in [-0.25, -0.2) is 0 Å². The zero-order valence-corrected chi connectivity index (χ0v) is 10.7. The van der Waals surface area contributed by atoms with Crippen molar-refractivity contribution < 1.29 is 4.79 Å². The second kappa shape index (κ2) is 5.05. The summed E-state index contributed by atoms with van der Waals surface area (Å²) in [5.74, 6) is 0.236. The maximum atomic E-state index is 11.9. The van der Waals surface area contributed by atoms with Crippen LogP contribution in [0, 0.1) is 6.92 Å². The first-order valence-corrected chi connectivity index (χ1v) is 5.81. The Balaban J connectivity index is 2.18. The number of amides is 1. The zero-order chi connectivity index (χ0) is 12.3. The molecule has 0 aliphatic rings. The van der Waals surface area contributed by atoms with Gasteiger partial charge in [-0.2, -0.15) is 5.10 Å². The number of hydrogen-bond donors (Lipinski definition) is 1. The lowest BCUT2D eigenvalue weighted by Crippen LogP contribution is -2.13. The van der Waals surface area contributed by atoms with Crippen molar-refractivity contribution in [3.8, 4) is 0 Å². The first-order valence-electron chi connectivity index (χ1n) is 5.02. The van der Waals surface area contributed by atoms with E-state index < -0.39 is 0 Å². The minimum absolute atomic E-state index is 0.203. The number of rotatable bonds is 2. The molecule has 4 nitrogen and oxygen atoms in total. The van der Waals surface area contributed by atoms with E-state index in [-0.39, 0.29) is 5.91 Å². The van der Waals surface area contributed by atoms with Crippen molar-refractivity contribution in [2.24, 2.45) is 0 Å². The van der Waals surface area contributed by atoms with Gasteiger partial charge in [0.05, 0.1) is 0 Å². The lowest BCUT2D eigenvalue weighted by molar-refractivity contribution is 0.102. The van der Waals surface area contributed by atoms with Gasteiger partial charge in [0.1, 0.15) is 0 Å². The van der Waals surface area contributed by atoms with Crippen molar-refractivity contribution in [3.63, 3.8) is 0 Å². The van der Waals surface area contributed by atoms with Gasteiger partial charge in [-0.3, -0.25) is 4.79 Å². The molecule has 0 bridgehead atoms. The first kappa shape index (κ1) is 11.7. The second-order valence-electron chi connectivity index (χ2n) is 3.53. The second-order valence-corrected chi connectivity index (χ2v) is 4.38. The number of nitrogens with one attached hydrogen (secondary N) is 1. The van der Waals surface area contributed by atoms with Crippen molar-refractivity contribution in [1.82, 2.24) is 10.2 Å². The van der Waals surface area contributed by atoms with Crippen LogP contribution < -0.4 is 5.32 Å². The molecule has 0 radical (unpaired) electrons. The molecular formula is C12H10BrN3O. The standard InChI is InChI=1S/C12H10BrN3O/c1-8-4-5-9(7-10(8)13)12(17)15-11-3-2-6-14-16-11/h2-7H,1H3,(H,15,16,17). The van der Waals surface area contributed by atoms with Crippen LogP contribution in [0.4, 0.5) is 5.82 Å². The molecule has 5 heteroatoms. The average molecular weight is 292 g/mol.